The van der Waals surface area contributed by atoms with Gasteiger partial charge in [-0.05, 0) is 78.0 Å². The van der Waals surface area contributed by atoms with Crippen LogP contribution in [0.25, 0.3) is 11.1 Å². The van der Waals surface area contributed by atoms with Gasteiger partial charge in [-0.2, -0.15) is 0 Å². The first-order valence-electron chi connectivity index (χ1n) is 14.1. The maximum atomic E-state index is 14.6. The SMILES string of the molecule is COc1ccc(-c2ccc(CC(N)C(O)CC(C=C3CC=CC=C3F)C(=O)NC3c4ccsc4CCC3O)cc2)cn1. The summed E-state index contributed by atoms with van der Waals surface area (Å²) in [5.74, 6) is -1.08. The molecule has 220 valence electrons. The number of aliphatic hydroxyl groups excluding tert-OH is 2. The number of pyridine rings is 1. The van der Waals surface area contributed by atoms with Crippen LogP contribution in [0, 0.1) is 5.92 Å². The molecule has 42 heavy (non-hydrogen) atoms. The number of thiophene rings is 1. The number of methoxy groups -OCH3 is 1. The van der Waals surface area contributed by atoms with Crippen LogP contribution >= 0.6 is 11.3 Å². The fraction of sp³-hybridized carbons (Fsp3) is 0.333. The van der Waals surface area contributed by atoms with E-state index < -0.39 is 36.0 Å². The van der Waals surface area contributed by atoms with Gasteiger partial charge in [0.1, 0.15) is 5.83 Å². The zero-order chi connectivity index (χ0) is 29.6. The van der Waals surface area contributed by atoms with Gasteiger partial charge in [0.2, 0.25) is 11.8 Å². The minimum absolute atomic E-state index is 0.0163. The third kappa shape index (κ3) is 7.04. The van der Waals surface area contributed by atoms with E-state index >= 15 is 0 Å². The monoisotopic (exact) mass is 589 g/mol. The van der Waals surface area contributed by atoms with E-state index in [1.807, 2.05) is 47.9 Å². The van der Waals surface area contributed by atoms with Gasteiger partial charge in [-0.1, -0.05) is 42.5 Å². The lowest BCUT2D eigenvalue weighted by Crippen LogP contribution is -2.44. The average molecular weight is 590 g/mol. The summed E-state index contributed by atoms with van der Waals surface area (Å²) in [6.07, 6.45) is 8.48. The van der Waals surface area contributed by atoms with Crippen LogP contribution in [0.1, 0.15) is 41.3 Å². The van der Waals surface area contributed by atoms with Crippen LogP contribution in [0.3, 0.4) is 0 Å². The first-order chi connectivity index (χ1) is 20.3. The summed E-state index contributed by atoms with van der Waals surface area (Å²) in [6.45, 7) is 0. The Hall–Kier alpha value is -3.63. The second kappa shape index (κ2) is 13.6. The molecule has 2 aliphatic rings. The van der Waals surface area contributed by atoms with Crippen molar-refractivity contribution < 1.29 is 24.1 Å². The number of aryl methyl sites for hydroxylation is 1. The Morgan fingerprint density at radius 1 is 1.24 bits per heavy atom. The number of amides is 1. The van der Waals surface area contributed by atoms with Crippen molar-refractivity contribution in [2.24, 2.45) is 11.7 Å². The lowest BCUT2D eigenvalue weighted by molar-refractivity contribution is -0.126. The van der Waals surface area contributed by atoms with Crippen molar-refractivity contribution in [2.75, 3.05) is 7.11 Å². The van der Waals surface area contributed by atoms with Crippen LogP contribution < -0.4 is 15.8 Å². The van der Waals surface area contributed by atoms with Crippen LogP contribution in [0.2, 0.25) is 0 Å². The van der Waals surface area contributed by atoms with Crippen LogP contribution in [0.4, 0.5) is 4.39 Å². The normalized spacial score (nSPS) is 21.3. The van der Waals surface area contributed by atoms with E-state index in [9.17, 15) is 19.4 Å². The number of carbonyl (C=O) groups is 1. The molecule has 2 heterocycles. The molecule has 0 fully saturated rings. The number of aromatic nitrogens is 1. The molecule has 1 amide bonds. The Labute approximate surface area is 249 Å². The number of rotatable bonds is 10. The largest absolute Gasteiger partial charge is 0.481 e. The van der Waals surface area contributed by atoms with E-state index in [0.29, 0.717) is 30.7 Å². The molecule has 1 aromatic carbocycles. The minimum Gasteiger partial charge on any atom is -0.481 e. The van der Waals surface area contributed by atoms with Gasteiger partial charge < -0.3 is 26.0 Å². The highest BCUT2D eigenvalue weighted by molar-refractivity contribution is 7.10. The van der Waals surface area contributed by atoms with Crippen molar-refractivity contribution in [3.05, 3.63) is 106 Å². The Morgan fingerprint density at radius 2 is 2.02 bits per heavy atom. The summed E-state index contributed by atoms with van der Waals surface area (Å²) < 4.78 is 19.7. The molecule has 0 spiro atoms. The van der Waals surface area contributed by atoms with Crippen molar-refractivity contribution in [3.8, 4) is 17.0 Å². The highest BCUT2D eigenvalue weighted by atomic mass is 32.1. The number of hydrogen-bond donors (Lipinski definition) is 4. The standard InChI is InChI=1S/C33H36FN3O4S/c1-41-31-13-10-23(19-36-31)21-8-6-20(7-9-21)16-27(35)29(39)18-24(17-22-4-2-3-5-26(22)34)33(40)37-32-25-14-15-42-30(25)12-11-28(32)38/h2-3,5-10,13-15,17,19,24,27-29,32,38-39H,4,11-12,16,18,35H2,1H3,(H,37,40). The van der Waals surface area contributed by atoms with Crippen molar-refractivity contribution in [3.63, 3.8) is 0 Å². The molecule has 0 saturated heterocycles. The second-order valence-electron chi connectivity index (χ2n) is 10.8. The zero-order valence-corrected chi connectivity index (χ0v) is 24.3. The Bertz CT molecular complexity index is 1470. The quantitative estimate of drug-likeness (QED) is 0.266. The maximum absolute atomic E-state index is 14.6. The van der Waals surface area contributed by atoms with Crippen molar-refractivity contribution in [2.45, 2.75) is 56.4 Å². The molecule has 2 aliphatic carbocycles. The first-order valence-corrected chi connectivity index (χ1v) is 15.0. The molecule has 2 aromatic heterocycles. The van der Waals surface area contributed by atoms with Gasteiger partial charge in [-0.15, -0.1) is 11.3 Å². The predicted molar refractivity (Wildman–Crippen MR) is 163 cm³/mol. The van der Waals surface area contributed by atoms with Gasteiger partial charge in [0.05, 0.1) is 31.3 Å². The van der Waals surface area contributed by atoms with Crippen molar-refractivity contribution in [1.29, 1.82) is 0 Å². The van der Waals surface area contributed by atoms with Crippen LogP contribution in [-0.2, 0) is 17.6 Å². The lowest BCUT2D eigenvalue weighted by atomic mass is 9.88. The summed E-state index contributed by atoms with van der Waals surface area (Å²) in [7, 11) is 1.57. The summed E-state index contributed by atoms with van der Waals surface area (Å²) in [5.41, 5.74) is 10.6. The number of benzene rings is 1. The van der Waals surface area contributed by atoms with E-state index in [1.165, 1.54) is 6.08 Å². The van der Waals surface area contributed by atoms with Gasteiger partial charge in [-0.25, -0.2) is 9.37 Å². The van der Waals surface area contributed by atoms with E-state index in [1.54, 1.807) is 42.9 Å². The Morgan fingerprint density at radius 3 is 2.74 bits per heavy atom. The number of hydrogen-bond acceptors (Lipinski definition) is 7. The molecule has 5 rings (SSSR count). The third-order valence-electron chi connectivity index (χ3n) is 7.92. The number of ether oxygens (including phenoxy) is 1. The molecule has 9 heteroatoms. The van der Waals surface area contributed by atoms with Crippen LogP contribution in [0.15, 0.2) is 89.7 Å². The average Bonchev–Trinajstić information content (AvgIpc) is 3.49. The molecule has 5 atom stereocenters. The second-order valence-corrected chi connectivity index (χ2v) is 11.8. The van der Waals surface area contributed by atoms with E-state index in [2.05, 4.69) is 10.3 Å². The number of nitrogens with two attached hydrogens (primary N) is 1. The molecular formula is C33H36FN3O4S. The van der Waals surface area contributed by atoms with Gasteiger partial charge in [-0.3, -0.25) is 4.79 Å². The van der Waals surface area contributed by atoms with E-state index in [-0.39, 0.29) is 12.3 Å². The fourth-order valence-electron chi connectivity index (χ4n) is 5.46. The topological polar surface area (TPSA) is 118 Å². The van der Waals surface area contributed by atoms with Gasteiger partial charge in [0, 0.05) is 28.7 Å². The Balaban J connectivity index is 1.28. The number of carbonyl (C=O) groups excluding carboxylic acids is 1. The molecule has 0 radical (unpaired) electrons. The highest BCUT2D eigenvalue weighted by Crippen LogP contribution is 2.34. The third-order valence-corrected chi connectivity index (χ3v) is 8.92. The molecule has 3 aromatic rings. The van der Waals surface area contributed by atoms with E-state index in [4.69, 9.17) is 10.5 Å². The van der Waals surface area contributed by atoms with E-state index in [0.717, 1.165) is 33.6 Å². The van der Waals surface area contributed by atoms with Gasteiger partial charge in [0.25, 0.3) is 0 Å². The summed E-state index contributed by atoms with van der Waals surface area (Å²) in [6, 6.07) is 12.3. The highest BCUT2D eigenvalue weighted by Gasteiger charge is 2.33. The molecular weight excluding hydrogens is 553 g/mol. The molecule has 7 nitrogen and oxygen atoms in total. The van der Waals surface area contributed by atoms with Gasteiger partial charge in [0.15, 0.2) is 0 Å². The molecule has 0 aliphatic heterocycles. The van der Waals surface area contributed by atoms with Crippen LogP contribution in [0.5, 0.6) is 5.88 Å². The van der Waals surface area contributed by atoms with Crippen LogP contribution in [-0.4, -0.2) is 46.5 Å². The summed E-state index contributed by atoms with van der Waals surface area (Å²) >= 11 is 1.61. The number of nitrogens with zero attached hydrogens (tertiary/aromatic N) is 1. The first kappa shape index (κ1) is 29.8. The number of fused-ring (bicyclic) bond motifs is 1. The fourth-order valence-corrected chi connectivity index (χ4v) is 6.41. The summed E-state index contributed by atoms with van der Waals surface area (Å²) in [4.78, 5) is 19.0. The lowest BCUT2D eigenvalue weighted by Gasteiger charge is -2.31. The van der Waals surface area contributed by atoms with Crippen molar-refractivity contribution in [1.82, 2.24) is 10.3 Å². The molecule has 0 bridgehead atoms. The smallest absolute Gasteiger partial charge is 0.227 e. The molecule has 0 saturated carbocycles. The minimum atomic E-state index is -1.03. The van der Waals surface area contributed by atoms with Crippen molar-refractivity contribution >= 4 is 17.2 Å². The Kier molecular flexibility index (Phi) is 9.64. The number of nitrogens with one attached hydrogen (secondary N) is 1. The predicted octanol–water partition coefficient (Wildman–Crippen LogP) is 4.96. The number of allylic oxidation sites excluding steroid dienone is 5. The summed E-state index contributed by atoms with van der Waals surface area (Å²) in [5, 5.41) is 26.8. The zero-order valence-electron chi connectivity index (χ0n) is 23.4. The van der Waals surface area contributed by atoms with Gasteiger partial charge >= 0.3 is 0 Å². The molecule has 5 N–H and O–H groups in total. The maximum Gasteiger partial charge on any atom is 0.227 e. The molecule has 5 unspecified atom stereocenters. The number of aliphatic hydroxyl groups is 2. The number of halogens is 1.